The maximum Gasteiger partial charge on any atom is 0.488 e. The lowest BCUT2D eigenvalue weighted by Gasteiger charge is -2.05. The van der Waals surface area contributed by atoms with Crippen LogP contribution in [0.1, 0.15) is 85.8 Å². The van der Waals surface area contributed by atoms with Gasteiger partial charge in [0.2, 0.25) is 0 Å². The van der Waals surface area contributed by atoms with Gasteiger partial charge in [-0.15, -0.1) is 0 Å². The van der Waals surface area contributed by atoms with Crippen LogP contribution in [0.3, 0.4) is 0 Å². The average Bonchev–Trinajstić information content (AvgIpc) is 3.41. The maximum absolute atomic E-state index is 11.2. The molecule has 6 rings (SSSR count). The van der Waals surface area contributed by atoms with Crippen molar-refractivity contribution in [2.45, 2.75) is 41.5 Å². The normalized spacial score (nSPS) is 9.25. The predicted molar refractivity (Wildman–Crippen MR) is 251 cm³/mol. The molecule has 0 fully saturated rings. The van der Waals surface area contributed by atoms with Crippen molar-refractivity contribution in [3.63, 3.8) is 0 Å². The third kappa shape index (κ3) is 21.6. The van der Waals surface area contributed by atoms with E-state index in [0.29, 0.717) is 33.7 Å². The van der Waals surface area contributed by atoms with Crippen LogP contribution in [0, 0.1) is 0 Å². The Bertz CT molecular complexity index is 1920. The molecule has 60 heavy (non-hydrogen) atoms. The first-order valence-electron chi connectivity index (χ1n) is 22.2. The van der Waals surface area contributed by atoms with E-state index in [0.717, 1.165) is 11.5 Å². The van der Waals surface area contributed by atoms with Gasteiger partial charge in [0.25, 0.3) is 0 Å². The molecule has 12 heteroatoms. The van der Waals surface area contributed by atoms with Crippen LogP contribution in [0.5, 0.6) is 28.7 Å². The largest absolute Gasteiger partial charge is 0.508 e. The molecule has 0 aromatic heterocycles. The summed E-state index contributed by atoms with van der Waals surface area (Å²) in [5.74, 6) is 1.93. The summed E-state index contributed by atoms with van der Waals surface area (Å²) in [5.41, 5.74) is 1.98. The zero-order valence-corrected chi connectivity index (χ0v) is 35.8. The first-order chi connectivity index (χ1) is 32.1. The smallest absolute Gasteiger partial charge is 0.488 e. The topological polar surface area (TPSA) is 158 Å². The van der Waals surface area contributed by atoms with Gasteiger partial charge in [0.15, 0.2) is 0 Å². The SMILES string of the molecule is CC.CC.CC.COC(=O)c1ccc(O)cc1.COC(=O)c1ccc(Oc2ccccc2)cc1.COC(=O)c1ccc(Oc2ccccc2)cc1.OB(O)c1ccccc1.[2HH].[2HH].[2HH].[2H][2H].[2H][2H].[2H][2H]. The van der Waals surface area contributed by atoms with E-state index < -0.39 is 13.1 Å². The van der Waals surface area contributed by atoms with Crippen molar-refractivity contribution in [1.82, 2.24) is 0 Å². The van der Waals surface area contributed by atoms with Crippen LogP contribution in [0.15, 0.2) is 164 Å². The maximum atomic E-state index is 11.2. The molecule has 0 aliphatic rings. The third-order valence-corrected chi connectivity index (χ3v) is 6.89. The molecule has 11 nitrogen and oxygen atoms in total. The Labute approximate surface area is 368 Å². The van der Waals surface area contributed by atoms with E-state index in [1.807, 2.05) is 108 Å². The van der Waals surface area contributed by atoms with E-state index >= 15 is 0 Å². The summed E-state index contributed by atoms with van der Waals surface area (Å²) in [5, 5.41) is 26.0. The van der Waals surface area contributed by atoms with Crippen molar-refractivity contribution < 1.29 is 66.4 Å². The molecular formula is C48H69BO11. The first kappa shape index (κ1) is 47.5. The van der Waals surface area contributed by atoms with Gasteiger partial charge in [-0.2, -0.15) is 0 Å². The van der Waals surface area contributed by atoms with Crippen LogP contribution in [-0.2, 0) is 14.2 Å². The molecule has 330 valence electrons. The number of hydrogen-bond donors (Lipinski definition) is 3. The van der Waals surface area contributed by atoms with Crippen molar-refractivity contribution in [3.05, 3.63) is 180 Å². The number of phenols is 1. The molecule has 0 saturated heterocycles. The zero-order valence-electron chi connectivity index (χ0n) is 41.8. The van der Waals surface area contributed by atoms with Crippen LogP contribution >= 0.6 is 0 Å². The summed E-state index contributed by atoms with van der Waals surface area (Å²) < 4.78 is 54.9. The van der Waals surface area contributed by atoms with Gasteiger partial charge in [-0.25, -0.2) is 14.4 Å². The minimum absolute atomic E-state index is 0. The number of benzene rings is 6. The molecule has 0 saturated carbocycles. The van der Waals surface area contributed by atoms with Gasteiger partial charge in [0.05, 0.1) is 38.0 Å². The fourth-order valence-electron chi connectivity index (χ4n) is 4.14. The second-order valence-electron chi connectivity index (χ2n) is 10.7. The van der Waals surface area contributed by atoms with Gasteiger partial charge in [0, 0.05) is 13.2 Å². The lowest BCUT2D eigenvalue weighted by Crippen LogP contribution is -2.29. The Balaban J connectivity index is -0.000000139. The number of methoxy groups -OCH3 is 3. The standard InChI is InChI=1S/2C14H12O3.C8H8O3.C6H7BO2.3C2H6.6H2/c2*1-16-14(15)11-7-9-13(10-8-11)17-12-5-3-2-4-6-12;1-11-8(10)6-2-4-7(9)5-3-6;8-7(9)6-4-2-1-3-5-6;3*1-2;;;;;;/h2*2-10H,1H3;2-5,9H,1H3;1-5,8-9H;3*1-2H3;6*1H/i;;;;;;;3*1+1D;3*1+1. The fourth-order valence-corrected chi connectivity index (χ4v) is 4.14. The number of carbonyl (C=O) groups excluding carboxylic acids is 3. The van der Waals surface area contributed by atoms with Gasteiger partial charge in [-0.1, -0.05) is 108 Å². The monoisotopic (exact) mass is 842 g/mol. The molecule has 0 aliphatic heterocycles. The van der Waals surface area contributed by atoms with Crippen molar-refractivity contribution in [2.24, 2.45) is 0 Å². The minimum Gasteiger partial charge on any atom is -0.508 e. The number of aromatic hydroxyl groups is 1. The number of phenolic OH excluding ortho intramolecular Hbond substituents is 1. The first-order valence-corrected chi connectivity index (χ1v) is 19.2. The highest BCUT2D eigenvalue weighted by molar-refractivity contribution is 6.58. The van der Waals surface area contributed by atoms with Crippen LogP contribution in [0.25, 0.3) is 0 Å². The molecule has 0 spiro atoms. The Morgan fingerprint density at radius 2 is 0.667 bits per heavy atom. The summed E-state index contributed by atoms with van der Waals surface area (Å²) in [7, 11) is 2.69. The molecule has 0 atom stereocenters. The number of hydrogen-bond acceptors (Lipinski definition) is 11. The predicted octanol–water partition coefficient (Wildman–Crippen LogP) is 11.6. The van der Waals surface area contributed by atoms with Crippen molar-refractivity contribution >= 4 is 30.5 Å². The number of carbonyl (C=O) groups is 3. The molecule has 3 N–H and O–H groups in total. The van der Waals surface area contributed by atoms with Crippen molar-refractivity contribution in [2.75, 3.05) is 21.3 Å². The second kappa shape index (κ2) is 33.1. The number of ether oxygens (including phenoxy) is 5. The van der Waals surface area contributed by atoms with Crippen molar-refractivity contribution in [1.29, 1.82) is 0 Å². The highest BCUT2D eigenvalue weighted by Crippen LogP contribution is 2.22. The summed E-state index contributed by atoms with van der Waals surface area (Å²) in [6.07, 6.45) is 0. The van der Waals surface area contributed by atoms with E-state index in [1.165, 1.54) is 45.6 Å². The molecule has 6 aromatic carbocycles. The van der Waals surface area contributed by atoms with Gasteiger partial charge < -0.3 is 38.8 Å². The molecular weight excluding hydrogens is 763 g/mol. The van der Waals surface area contributed by atoms with E-state index in [4.69, 9.17) is 33.5 Å². The molecule has 6 aromatic rings. The van der Waals surface area contributed by atoms with E-state index in [9.17, 15) is 14.4 Å². The molecule has 0 amide bonds. The van der Waals surface area contributed by atoms with Gasteiger partial charge >= 0.3 is 25.0 Å². The van der Waals surface area contributed by atoms with Crippen LogP contribution in [-0.4, -0.2) is 61.5 Å². The summed E-state index contributed by atoms with van der Waals surface area (Å²) in [6.45, 7) is 12.0. The third-order valence-electron chi connectivity index (χ3n) is 6.89. The van der Waals surface area contributed by atoms with Crippen LogP contribution in [0.2, 0.25) is 0 Å². The zero-order chi connectivity index (χ0) is 51.1. The molecule has 0 unspecified atom stereocenters. The number of rotatable bonds is 8. The lowest BCUT2D eigenvalue weighted by molar-refractivity contribution is 0.0592. The summed E-state index contributed by atoms with van der Waals surface area (Å²) in [4.78, 5) is 33.3. The fraction of sp³-hybridized carbons (Fsp3) is 0.188. The van der Waals surface area contributed by atoms with E-state index in [2.05, 4.69) is 14.2 Å². The number of esters is 3. The highest BCUT2D eigenvalue weighted by atomic mass is 16.5. The second-order valence-corrected chi connectivity index (χ2v) is 10.7. The molecule has 0 radical (unpaired) electrons. The lowest BCUT2D eigenvalue weighted by atomic mass is 9.81. The summed E-state index contributed by atoms with van der Waals surface area (Å²) in [6, 6.07) is 47.1. The van der Waals surface area contributed by atoms with E-state index in [-0.39, 0.29) is 22.0 Å². The minimum atomic E-state index is -1.34. The highest BCUT2D eigenvalue weighted by Gasteiger charge is 2.08. The number of para-hydroxylation sites is 2. The molecule has 0 heterocycles. The van der Waals surface area contributed by atoms with E-state index in [1.54, 1.807) is 72.8 Å². The average molecular weight is 842 g/mol. The Hall–Kier alpha value is -6.89. The van der Waals surface area contributed by atoms with Crippen molar-refractivity contribution in [3.8, 4) is 28.7 Å². The Kier molecular flexibility index (Phi) is 26.2. The van der Waals surface area contributed by atoms with Gasteiger partial charge in [-0.3, -0.25) is 0 Å². The molecule has 0 bridgehead atoms. The quantitative estimate of drug-likeness (QED) is 0.0761. The van der Waals surface area contributed by atoms with Crippen LogP contribution < -0.4 is 14.9 Å². The Morgan fingerprint density at radius 3 is 0.917 bits per heavy atom. The van der Waals surface area contributed by atoms with Gasteiger partial charge in [-0.05, 0) is 103 Å². The van der Waals surface area contributed by atoms with Gasteiger partial charge in [0.1, 0.15) is 28.7 Å². The summed E-state index contributed by atoms with van der Waals surface area (Å²) >= 11 is 0. The van der Waals surface area contributed by atoms with Crippen LogP contribution in [0.4, 0.5) is 0 Å². The Morgan fingerprint density at radius 1 is 0.417 bits per heavy atom. The molecule has 0 aliphatic carbocycles.